The zero-order valence-electron chi connectivity index (χ0n) is 9.78. The van der Waals surface area contributed by atoms with Crippen molar-refractivity contribution < 1.29 is 9.13 Å². The quantitative estimate of drug-likeness (QED) is 0.921. The summed E-state index contributed by atoms with van der Waals surface area (Å²) in [6.45, 7) is 0.422. The molecule has 0 aliphatic heterocycles. The second-order valence-electron chi connectivity index (χ2n) is 3.68. The van der Waals surface area contributed by atoms with E-state index in [2.05, 4.69) is 10.3 Å². The zero-order chi connectivity index (χ0) is 13.0. The standard InChI is InChI=1S/C13H12ClFN2O/c1-16-8-9-6-7-17-13(12(9)15)18-11-4-2-10(14)3-5-11/h2-7,16H,8H2,1H3. The average molecular weight is 267 g/mol. The van der Waals surface area contributed by atoms with Gasteiger partial charge in [-0.2, -0.15) is 0 Å². The lowest BCUT2D eigenvalue weighted by Crippen LogP contribution is -2.08. The van der Waals surface area contributed by atoms with Crippen molar-refractivity contribution in [2.45, 2.75) is 6.54 Å². The van der Waals surface area contributed by atoms with E-state index < -0.39 is 5.82 Å². The third-order valence-corrected chi connectivity index (χ3v) is 2.58. The molecule has 0 bridgehead atoms. The highest BCUT2D eigenvalue weighted by molar-refractivity contribution is 6.30. The summed E-state index contributed by atoms with van der Waals surface area (Å²) in [7, 11) is 1.75. The van der Waals surface area contributed by atoms with E-state index in [4.69, 9.17) is 16.3 Å². The first-order valence-electron chi connectivity index (χ1n) is 5.42. The molecule has 0 spiro atoms. The van der Waals surface area contributed by atoms with Gasteiger partial charge >= 0.3 is 0 Å². The fraction of sp³-hybridized carbons (Fsp3) is 0.154. The first kappa shape index (κ1) is 12.8. The van der Waals surface area contributed by atoms with Crippen molar-refractivity contribution in [2.24, 2.45) is 0 Å². The van der Waals surface area contributed by atoms with Crippen molar-refractivity contribution in [3.8, 4) is 11.6 Å². The molecular weight excluding hydrogens is 255 g/mol. The van der Waals surface area contributed by atoms with Gasteiger partial charge in [-0.3, -0.25) is 0 Å². The lowest BCUT2D eigenvalue weighted by molar-refractivity contribution is 0.418. The summed E-state index contributed by atoms with van der Waals surface area (Å²) in [5.74, 6) is -0.000667. The smallest absolute Gasteiger partial charge is 0.256 e. The normalized spacial score (nSPS) is 10.4. The first-order chi connectivity index (χ1) is 8.70. The van der Waals surface area contributed by atoms with Crippen molar-refractivity contribution in [1.82, 2.24) is 10.3 Å². The molecule has 1 aromatic heterocycles. The Hall–Kier alpha value is -1.65. The fourth-order valence-corrected chi connectivity index (χ4v) is 1.60. The van der Waals surface area contributed by atoms with Gasteiger partial charge in [0.15, 0.2) is 5.82 Å². The number of halogens is 2. The lowest BCUT2D eigenvalue weighted by atomic mass is 10.2. The summed E-state index contributed by atoms with van der Waals surface area (Å²) in [6, 6.07) is 8.28. The Labute approximate surface area is 110 Å². The van der Waals surface area contributed by atoms with E-state index in [0.717, 1.165) is 0 Å². The zero-order valence-corrected chi connectivity index (χ0v) is 10.5. The maximum atomic E-state index is 14.0. The minimum absolute atomic E-state index is 0.0370. The van der Waals surface area contributed by atoms with Crippen molar-refractivity contribution >= 4 is 11.6 Å². The van der Waals surface area contributed by atoms with E-state index in [9.17, 15) is 4.39 Å². The molecule has 0 saturated heterocycles. The van der Waals surface area contributed by atoms with Gasteiger partial charge in [-0.15, -0.1) is 0 Å². The van der Waals surface area contributed by atoms with Gasteiger partial charge in [0.25, 0.3) is 5.88 Å². The molecule has 0 saturated carbocycles. The Kier molecular flexibility index (Phi) is 4.12. The molecule has 0 unspecified atom stereocenters. The van der Waals surface area contributed by atoms with Gasteiger partial charge < -0.3 is 10.1 Å². The van der Waals surface area contributed by atoms with Gasteiger partial charge in [-0.05, 0) is 37.4 Å². The van der Waals surface area contributed by atoms with Gasteiger partial charge in [-0.25, -0.2) is 9.37 Å². The highest BCUT2D eigenvalue weighted by Gasteiger charge is 2.10. The number of benzene rings is 1. The number of hydrogen-bond donors (Lipinski definition) is 1. The van der Waals surface area contributed by atoms with Crippen molar-refractivity contribution in [3.63, 3.8) is 0 Å². The average Bonchev–Trinajstić information content (AvgIpc) is 2.37. The molecule has 0 radical (unpaired) electrons. The Bertz CT molecular complexity index is 531. The summed E-state index contributed by atoms with van der Waals surface area (Å²) >= 11 is 5.76. The van der Waals surface area contributed by atoms with Crippen LogP contribution in [0, 0.1) is 5.82 Å². The van der Waals surface area contributed by atoms with E-state index in [0.29, 0.717) is 22.9 Å². The SMILES string of the molecule is CNCc1ccnc(Oc2ccc(Cl)cc2)c1F. The number of rotatable bonds is 4. The third-order valence-electron chi connectivity index (χ3n) is 2.33. The minimum atomic E-state index is -0.457. The molecule has 18 heavy (non-hydrogen) atoms. The van der Waals surface area contributed by atoms with E-state index in [1.807, 2.05) is 0 Å². The summed E-state index contributed by atoms with van der Waals surface area (Å²) in [6.07, 6.45) is 1.51. The highest BCUT2D eigenvalue weighted by atomic mass is 35.5. The predicted octanol–water partition coefficient (Wildman–Crippen LogP) is 3.39. The van der Waals surface area contributed by atoms with Crippen LogP contribution in [-0.4, -0.2) is 12.0 Å². The molecule has 0 aliphatic rings. The maximum Gasteiger partial charge on any atom is 0.256 e. The Morgan fingerprint density at radius 1 is 1.28 bits per heavy atom. The number of pyridine rings is 1. The molecule has 1 heterocycles. The van der Waals surface area contributed by atoms with Crippen LogP contribution in [0.15, 0.2) is 36.5 Å². The van der Waals surface area contributed by atoms with E-state index in [-0.39, 0.29) is 5.88 Å². The summed E-state index contributed by atoms with van der Waals surface area (Å²) in [4.78, 5) is 3.88. The molecule has 0 amide bonds. The molecule has 1 aromatic carbocycles. The fourth-order valence-electron chi connectivity index (χ4n) is 1.47. The molecule has 5 heteroatoms. The van der Waals surface area contributed by atoms with Crippen LogP contribution in [0.2, 0.25) is 5.02 Å². The van der Waals surface area contributed by atoms with Gasteiger partial charge in [0.1, 0.15) is 5.75 Å². The molecular formula is C13H12ClFN2O. The molecule has 2 aromatic rings. The lowest BCUT2D eigenvalue weighted by Gasteiger charge is -2.08. The number of nitrogens with zero attached hydrogens (tertiary/aromatic N) is 1. The van der Waals surface area contributed by atoms with E-state index >= 15 is 0 Å². The van der Waals surface area contributed by atoms with E-state index in [1.54, 1.807) is 37.4 Å². The van der Waals surface area contributed by atoms with Crippen molar-refractivity contribution in [1.29, 1.82) is 0 Å². The molecule has 1 N–H and O–H groups in total. The molecule has 94 valence electrons. The Morgan fingerprint density at radius 3 is 2.67 bits per heavy atom. The molecule has 2 rings (SSSR count). The predicted molar refractivity (Wildman–Crippen MR) is 68.5 cm³/mol. The van der Waals surface area contributed by atoms with Crippen LogP contribution >= 0.6 is 11.6 Å². The maximum absolute atomic E-state index is 14.0. The van der Waals surface area contributed by atoms with Gasteiger partial charge in [-0.1, -0.05) is 11.6 Å². The number of hydrogen-bond acceptors (Lipinski definition) is 3. The Morgan fingerprint density at radius 2 is 2.00 bits per heavy atom. The number of nitrogens with one attached hydrogen (secondary N) is 1. The minimum Gasteiger partial charge on any atom is -0.436 e. The van der Waals surface area contributed by atoms with Crippen LogP contribution in [0.25, 0.3) is 0 Å². The van der Waals surface area contributed by atoms with Crippen LogP contribution in [0.1, 0.15) is 5.56 Å². The van der Waals surface area contributed by atoms with Crippen LogP contribution in [0.5, 0.6) is 11.6 Å². The highest BCUT2D eigenvalue weighted by Crippen LogP contribution is 2.25. The van der Waals surface area contributed by atoms with Crippen molar-refractivity contribution in [2.75, 3.05) is 7.05 Å². The van der Waals surface area contributed by atoms with E-state index in [1.165, 1.54) is 6.20 Å². The number of aromatic nitrogens is 1. The largest absolute Gasteiger partial charge is 0.436 e. The Balaban J connectivity index is 2.23. The van der Waals surface area contributed by atoms with Gasteiger partial charge in [0.2, 0.25) is 0 Å². The first-order valence-corrected chi connectivity index (χ1v) is 5.80. The van der Waals surface area contributed by atoms with Crippen LogP contribution in [0.4, 0.5) is 4.39 Å². The third kappa shape index (κ3) is 2.97. The molecule has 3 nitrogen and oxygen atoms in total. The topological polar surface area (TPSA) is 34.2 Å². The van der Waals surface area contributed by atoms with Gasteiger partial charge in [0.05, 0.1) is 0 Å². The van der Waals surface area contributed by atoms with Crippen LogP contribution in [-0.2, 0) is 6.54 Å². The second kappa shape index (κ2) is 5.80. The van der Waals surface area contributed by atoms with Crippen LogP contribution in [0.3, 0.4) is 0 Å². The van der Waals surface area contributed by atoms with Crippen LogP contribution < -0.4 is 10.1 Å². The number of ether oxygens (including phenoxy) is 1. The molecule has 0 aliphatic carbocycles. The summed E-state index contributed by atoms with van der Waals surface area (Å²) in [5.41, 5.74) is 0.511. The molecule has 0 fully saturated rings. The van der Waals surface area contributed by atoms with Gasteiger partial charge in [0, 0.05) is 23.3 Å². The van der Waals surface area contributed by atoms with Crippen molar-refractivity contribution in [3.05, 3.63) is 52.9 Å². The summed E-state index contributed by atoms with van der Waals surface area (Å²) in [5, 5.41) is 3.48. The summed E-state index contributed by atoms with van der Waals surface area (Å²) < 4.78 is 19.3. The second-order valence-corrected chi connectivity index (χ2v) is 4.11. The molecule has 0 atom stereocenters. The monoisotopic (exact) mass is 266 g/mol.